The smallest absolute Gasteiger partial charge is 0.321 e. The van der Waals surface area contributed by atoms with Crippen LogP contribution in [0.3, 0.4) is 0 Å². The van der Waals surface area contributed by atoms with Crippen molar-refractivity contribution < 1.29 is 19.1 Å². The summed E-state index contributed by atoms with van der Waals surface area (Å²) in [5.74, 6) is 1.12. The summed E-state index contributed by atoms with van der Waals surface area (Å²) in [7, 11) is 5.54. The molecular formula is C36H45N9O4. The average molecular weight is 668 g/mol. The minimum absolute atomic E-state index is 0.0312. The van der Waals surface area contributed by atoms with E-state index in [1.54, 1.807) is 42.3 Å². The van der Waals surface area contributed by atoms with Crippen LogP contribution in [0.5, 0.6) is 5.75 Å². The largest absolute Gasteiger partial charge is 0.480 e. The zero-order valence-electron chi connectivity index (χ0n) is 29.6. The molecule has 49 heavy (non-hydrogen) atoms. The van der Waals surface area contributed by atoms with Crippen LogP contribution in [0.4, 0.5) is 10.6 Å². The van der Waals surface area contributed by atoms with Crippen molar-refractivity contribution in [1.82, 2.24) is 39.7 Å². The van der Waals surface area contributed by atoms with Crippen LogP contribution in [-0.2, 0) is 21.2 Å². The number of hydrogen-bond donors (Lipinski definition) is 2. The van der Waals surface area contributed by atoms with Gasteiger partial charge in [-0.15, -0.1) is 10.2 Å². The van der Waals surface area contributed by atoms with E-state index < -0.39 is 23.1 Å². The third-order valence-electron chi connectivity index (χ3n) is 8.22. The Hall–Kier alpha value is -5.17. The lowest BCUT2D eigenvalue weighted by molar-refractivity contribution is -0.111. The number of nitrogens with one attached hydrogen (secondary N) is 2. The summed E-state index contributed by atoms with van der Waals surface area (Å²) in [6.45, 7) is 13.2. The van der Waals surface area contributed by atoms with Crippen LogP contribution in [0.25, 0.3) is 5.65 Å². The SMILES string of the molecule is CN(C)CCN(C)C(=O)c1nc(NC(=O)N[C@@]2(C=O)C=C[C@@H](Oc3ccc4nnc(C(C)(C)C)n4c3)c3ccccc32)cc(C(C)(C)C)n1. The summed E-state index contributed by atoms with van der Waals surface area (Å²) in [4.78, 5) is 52.1. The maximum Gasteiger partial charge on any atom is 0.321 e. The van der Waals surface area contributed by atoms with Gasteiger partial charge in [-0.1, -0.05) is 65.8 Å². The first kappa shape index (κ1) is 35.1. The minimum atomic E-state index is -1.50. The van der Waals surface area contributed by atoms with Gasteiger partial charge < -0.3 is 19.9 Å². The molecule has 0 unspecified atom stereocenters. The fourth-order valence-electron chi connectivity index (χ4n) is 5.45. The highest BCUT2D eigenvalue weighted by Gasteiger charge is 2.38. The van der Waals surface area contributed by atoms with E-state index in [1.807, 2.05) is 74.6 Å². The fourth-order valence-corrected chi connectivity index (χ4v) is 5.45. The summed E-state index contributed by atoms with van der Waals surface area (Å²) in [6.07, 6.45) is 5.37. The molecule has 1 aromatic carbocycles. The predicted octanol–water partition coefficient (Wildman–Crippen LogP) is 4.65. The molecule has 0 saturated heterocycles. The van der Waals surface area contributed by atoms with Gasteiger partial charge in [0.15, 0.2) is 11.9 Å². The van der Waals surface area contributed by atoms with E-state index in [4.69, 9.17) is 4.74 Å². The average Bonchev–Trinajstić information content (AvgIpc) is 3.48. The third kappa shape index (κ3) is 7.62. The van der Waals surface area contributed by atoms with Gasteiger partial charge in [-0.2, -0.15) is 0 Å². The number of amides is 3. The number of benzene rings is 1. The monoisotopic (exact) mass is 667 g/mol. The van der Waals surface area contributed by atoms with Gasteiger partial charge in [-0.25, -0.2) is 14.8 Å². The standard InChI is InChI=1S/C36H45N9O4/c1-34(2,3)27-20-28(38-30(37-27)31(47)44(9)19-18-43(7)8)39-33(48)40-36(22-46)17-16-26(24-12-10-11-13-25(24)36)49-23-14-15-29-41-42-32(35(4,5)6)45(29)21-23/h10-17,20-22,26H,18-19H2,1-9H3,(H2,37,38,39,40,48)/t26-,36-/m1/s1. The second-order valence-electron chi connectivity index (χ2n) is 14.7. The molecule has 2 atom stereocenters. The lowest BCUT2D eigenvalue weighted by atomic mass is 9.81. The molecule has 3 amide bonds. The van der Waals surface area contributed by atoms with Crippen LogP contribution in [0.15, 0.2) is 60.8 Å². The zero-order chi connectivity index (χ0) is 35.7. The van der Waals surface area contributed by atoms with Crippen LogP contribution in [0, 0.1) is 0 Å². The van der Waals surface area contributed by atoms with E-state index in [9.17, 15) is 14.4 Å². The second kappa shape index (κ2) is 13.4. The van der Waals surface area contributed by atoms with Crippen LogP contribution in [0.1, 0.15) is 80.9 Å². The van der Waals surface area contributed by atoms with E-state index >= 15 is 0 Å². The summed E-state index contributed by atoms with van der Waals surface area (Å²) >= 11 is 0. The molecule has 3 aromatic heterocycles. The van der Waals surface area contributed by atoms with Crippen molar-refractivity contribution in [3.8, 4) is 5.75 Å². The summed E-state index contributed by atoms with van der Waals surface area (Å²) in [6, 6.07) is 11.9. The molecule has 1 aliphatic carbocycles. The minimum Gasteiger partial charge on any atom is -0.480 e. The van der Waals surface area contributed by atoms with Crippen LogP contribution in [-0.4, -0.2) is 86.8 Å². The molecule has 0 fully saturated rings. The molecule has 0 aliphatic heterocycles. The number of pyridine rings is 1. The molecule has 258 valence electrons. The number of aldehydes is 1. The Morgan fingerprint density at radius 2 is 1.71 bits per heavy atom. The first-order valence-corrected chi connectivity index (χ1v) is 16.2. The molecule has 0 spiro atoms. The number of aromatic nitrogens is 5. The number of ether oxygens (including phenoxy) is 1. The maximum absolute atomic E-state index is 13.6. The fraction of sp³-hybridized carbons (Fsp3) is 0.417. The van der Waals surface area contributed by atoms with E-state index in [-0.39, 0.29) is 23.0 Å². The van der Waals surface area contributed by atoms with Gasteiger partial charge in [0.2, 0.25) is 5.82 Å². The lowest BCUT2D eigenvalue weighted by Crippen LogP contribution is -2.49. The van der Waals surface area contributed by atoms with Gasteiger partial charge in [0.05, 0.1) is 11.9 Å². The highest BCUT2D eigenvalue weighted by Crippen LogP contribution is 2.37. The van der Waals surface area contributed by atoms with Gasteiger partial charge in [0.25, 0.3) is 5.91 Å². The number of carbonyl (C=O) groups is 3. The predicted molar refractivity (Wildman–Crippen MR) is 187 cm³/mol. The van der Waals surface area contributed by atoms with Crippen molar-refractivity contribution in [3.63, 3.8) is 0 Å². The Balaban J connectivity index is 1.40. The number of nitrogens with zero attached hydrogens (tertiary/aromatic N) is 7. The van der Waals surface area contributed by atoms with E-state index in [0.717, 1.165) is 5.82 Å². The molecule has 5 rings (SSSR count). The first-order chi connectivity index (χ1) is 23.0. The van der Waals surface area contributed by atoms with Crippen molar-refractivity contribution in [3.05, 3.63) is 89.3 Å². The topological polar surface area (TPSA) is 147 Å². The number of anilines is 1. The third-order valence-corrected chi connectivity index (χ3v) is 8.22. The molecule has 0 bridgehead atoms. The molecule has 13 nitrogen and oxygen atoms in total. The number of urea groups is 1. The van der Waals surface area contributed by atoms with E-state index in [0.29, 0.717) is 47.6 Å². The van der Waals surface area contributed by atoms with Crippen LogP contribution >= 0.6 is 0 Å². The molecule has 2 N–H and O–H groups in total. The van der Waals surface area contributed by atoms with Crippen molar-refractivity contribution >= 4 is 29.7 Å². The van der Waals surface area contributed by atoms with Crippen molar-refractivity contribution in [1.29, 1.82) is 0 Å². The number of likely N-dealkylation sites (N-methyl/N-ethyl adjacent to an activating group) is 2. The molecule has 4 aromatic rings. The van der Waals surface area contributed by atoms with Gasteiger partial charge in [0.1, 0.15) is 29.0 Å². The molecule has 0 radical (unpaired) electrons. The molecule has 3 heterocycles. The maximum atomic E-state index is 13.6. The van der Waals surface area contributed by atoms with Crippen LogP contribution in [0.2, 0.25) is 0 Å². The van der Waals surface area contributed by atoms with Crippen molar-refractivity contribution in [2.24, 2.45) is 0 Å². The second-order valence-corrected chi connectivity index (χ2v) is 14.7. The lowest BCUT2D eigenvalue weighted by Gasteiger charge is -2.34. The number of rotatable bonds is 9. The molecule has 0 saturated carbocycles. The zero-order valence-corrected chi connectivity index (χ0v) is 29.6. The Bertz CT molecular complexity index is 1900. The highest BCUT2D eigenvalue weighted by molar-refractivity contribution is 5.94. The highest BCUT2D eigenvalue weighted by atomic mass is 16.5. The molecular weight excluding hydrogens is 622 g/mol. The number of hydrogen-bond acceptors (Lipinski definition) is 9. The van der Waals surface area contributed by atoms with E-state index in [1.165, 1.54) is 0 Å². The van der Waals surface area contributed by atoms with Crippen LogP contribution < -0.4 is 15.4 Å². The number of fused-ring (bicyclic) bond motifs is 2. The van der Waals surface area contributed by atoms with Crippen molar-refractivity contribution in [2.75, 3.05) is 39.5 Å². The van der Waals surface area contributed by atoms with Gasteiger partial charge in [-0.05, 0) is 43.9 Å². The Morgan fingerprint density at radius 1 is 0.980 bits per heavy atom. The number of carbonyl (C=O) groups excluding carboxylic acids is 3. The van der Waals surface area contributed by atoms with Gasteiger partial charge in [0, 0.05) is 42.6 Å². The summed E-state index contributed by atoms with van der Waals surface area (Å²) in [5, 5.41) is 14.2. The first-order valence-electron chi connectivity index (χ1n) is 16.2. The Kier molecular flexibility index (Phi) is 9.60. The Morgan fingerprint density at radius 3 is 2.39 bits per heavy atom. The normalized spacial score (nSPS) is 17.5. The Labute approximate surface area is 286 Å². The van der Waals surface area contributed by atoms with Gasteiger partial charge in [-0.3, -0.25) is 19.3 Å². The van der Waals surface area contributed by atoms with Gasteiger partial charge >= 0.3 is 6.03 Å². The summed E-state index contributed by atoms with van der Waals surface area (Å²) < 4.78 is 8.34. The van der Waals surface area contributed by atoms with E-state index in [2.05, 4.69) is 51.6 Å². The molecule has 13 heteroatoms. The van der Waals surface area contributed by atoms with Crippen molar-refractivity contribution in [2.45, 2.75) is 64.0 Å². The summed E-state index contributed by atoms with van der Waals surface area (Å²) in [5.41, 5.74) is 0.387. The molecule has 1 aliphatic rings. The quantitative estimate of drug-likeness (QED) is 0.192.